The Morgan fingerprint density at radius 1 is 1.45 bits per heavy atom. The molecular weight excluding hydrogens is 292 g/mol. The number of hydrogen-bond donors (Lipinski definition) is 1. The maximum atomic E-state index is 9.14. The summed E-state index contributed by atoms with van der Waals surface area (Å²) in [7, 11) is 0. The number of nitrogens with zero attached hydrogens (tertiary/aromatic N) is 3. The van der Waals surface area contributed by atoms with Crippen LogP contribution in [0.1, 0.15) is 16.3 Å². The van der Waals surface area contributed by atoms with Crippen LogP contribution in [0.25, 0.3) is 5.57 Å². The second-order valence-corrected chi connectivity index (χ2v) is 5.18. The van der Waals surface area contributed by atoms with Gasteiger partial charge in [-0.15, -0.1) is 11.3 Å². The number of allylic oxidation sites excluding steroid dienone is 1. The molecule has 0 amide bonds. The second-order valence-electron chi connectivity index (χ2n) is 3.91. The Labute approximate surface area is 125 Å². The van der Waals surface area contributed by atoms with E-state index < -0.39 is 0 Å². The molecule has 0 spiro atoms. The fraction of sp³-hybridized carbons (Fsp3) is 0.0714. The molecule has 6 heteroatoms. The van der Waals surface area contributed by atoms with Crippen LogP contribution in [0, 0.1) is 29.6 Å². The highest BCUT2D eigenvalue weighted by Crippen LogP contribution is 2.22. The summed E-state index contributed by atoms with van der Waals surface area (Å²) < 4.78 is 0. The topological polar surface area (TPSA) is 72.5 Å². The van der Waals surface area contributed by atoms with Crippen molar-refractivity contribution in [2.24, 2.45) is 0 Å². The van der Waals surface area contributed by atoms with Crippen molar-refractivity contribution in [1.82, 2.24) is 4.98 Å². The van der Waals surface area contributed by atoms with E-state index in [4.69, 9.17) is 22.1 Å². The van der Waals surface area contributed by atoms with Crippen LogP contribution in [0.15, 0.2) is 29.8 Å². The average molecular weight is 301 g/mol. The molecule has 2 rings (SSSR count). The van der Waals surface area contributed by atoms with Gasteiger partial charge in [-0.3, -0.25) is 0 Å². The first-order chi connectivity index (χ1) is 9.63. The monoisotopic (exact) mass is 300 g/mol. The summed E-state index contributed by atoms with van der Waals surface area (Å²) in [4.78, 5) is 4.26. The summed E-state index contributed by atoms with van der Waals surface area (Å²) in [5, 5.41) is 23.8. The standard InChI is InChI=1S/C14H9ClN4S/c1-9-8-20-14(19-9)11(6-17)7-18-12-3-2-10(5-16)13(15)4-12/h2-4,7-8,18H,1H3/b11-7+. The van der Waals surface area contributed by atoms with Gasteiger partial charge in [-0.25, -0.2) is 4.98 Å². The molecule has 1 aromatic carbocycles. The third-order valence-corrected chi connectivity index (χ3v) is 3.75. The highest BCUT2D eigenvalue weighted by atomic mass is 35.5. The number of nitriles is 2. The van der Waals surface area contributed by atoms with Gasteiger partial charge in [-0.2, -0.15) is 10.5 Å². The minimum atomic E-state index is 0.370. The van der Waals surface area contributed by atoms with E-state index in [0.717, 1.165) is 5.69 Å². The Morgan fingerprint density at radius 2 is 2.25 bits per heavy atom. The van der Waals surface area contributed by atoms with E-state index in [0.29, 0.717) is 26.9 Å². The lowest BCUT2D eigenvalue weighted by molar-refractivity contribution is 1.24. The molecule has 0 bridgehead atoms. The Kier molecular flexibility index (Phi) is 4.37. The van der Waals surface area contributed by atoms with Crippen LogP contribution in [-0.4, -0.2) is 4.98 Å². The summed E-state index contributed by atoms with van der Waals surface area (Å²) in [6.45, 7) is 1.88. The van der Waals surface area contributed by atoms with Gasteiger partial charge in [0.25, 0.3) is 0 Å². The van der Waals surface area contributed by atoms with Gasteiger partial charge in [0.05, 0.1) is 10.6 Å². The van der Waals surface area contributed by atoms with Crippen molar-refractivity contribution in [3.05, 3.63) is 51.1 Å². The Balaban J connectivity index is 2.22. The van der Waals surface area contributed by atoms with Crippen LogP contribution < -0.4 is 5.32 Å². The second kappa shape index (κ2) is 6.21. The van der Waals surface area contributed by atoms with E-state index in [1.807, 2.05) is 18.4 Å². The summed E-state index contributed by atoms with van der Waals surface area (Å²) in [5.74, 6) is 0. The smallest absolute Gasteiger partial charge is 0.135 e. The van der Waals surface area contributed by atoms with E-state index >= 15 is 0 Å². The number of nitrogens with one attached hydrogen (secondary N) is 1. The molecule has 1 N–H and O–H groups in total. The van der Waals surface area contributed by atoms with Crippen molar-refractivity contribution in [1.29, 1.82) is 10.5 Å². The Morgan fingerprint density at radius 3 is 2.80 bits per heavy atom. The van der Waals surface area contributed by atoms with Gasteiger partial charge in [-0.1, -0.05) is 11.6 Å². The molecule has 2 aromatic rings. The number of halogens is 1. The third kappa shape index (κ3) is 3.16. The molecule has 0 aliphatic rings. The first-order valence-corrected chi connectivity index (χ1v) is 6.88. The Bertz CT molecular complexity index is 749. The molecule has 0 radical (unpaired) electrons. The average Bonchev–Trinajstić information content (AvgIpc) is 2.86. The van der Waals surface area contributed by atoms with Gasteiger partial charge >= 0.3 is 0 Å². The minimum Gasteiger partial charge on any atom is -0.360 e. The maximum Gasteiger partial charge on any atom is 0.135 e. The first kappa shape index (κ1) is 14.1. The number of benzene rings is 1. The van der Waals surface area contributed by atoms with E-state index in [9.17, 15) is 0 Å². The van der Waals surface area contributed by atoms with E-state index in [2.05, 4.69) is 16.4 Å². The van der Waals surface area contributed by atoms with Crippen molar-refractivity contribution in [2.75, 3.05) is 5.32 Å². The van der Waals surface area contributed by atoms with Crippen molar-refractivity contribution >= 4 is 34.2 Å². The van der Waals surface area contributed by atoms with Crippen LogP contribution in [0.4, 0.5) is 5.69 Å². The molecule has 0 fully saturated rings. The molecule has 0 atom stereocenters. The van der Waals surface area contributed by atoms with E-state index in [1.165, 1.54) is 11.3 Å². The molecule has 1 aromatic heterocycles. The number of hydrogen-bond acceptors (Lipinski definition) is 5. The first-order valence-electron chi connectivity index (χ1n) is 5.63. The lowest BCUT2D eigenvalue weighted by Gasteiger charge is -2.03. The fourth-order valence-electron chi connectivity index (χ4n) is 1.47. The molecule has 0 unspecified atom stereocenters. The lowest BCUT2D eigenvalue weighted by atomic mass is 10.2. The molecule has 0 saturated heterocycles. The molecule has 0 aliphatic carbocycles. The van der Waals surface area contributed by atoms with Crippen LogP contribution in [0.3, 0.4) is 0 Å². The van der Waals surface area contributed by atoms with Crippen LogP contribution >= 0.6 is 22.9 Å². The van der Waals surface area contributed by atoms with Gasteiger partial charge in [-0.05, 0) is 25.1 Å². The van der Waals surface area contributed by atoms with Gasteiger partial charge in [0.1, 0.15) is 22.7 Å². The van der Waals surface area contributed by atoms with Gasteiger partial charge in [0.15, 0.2) is 0 Å². The molecule has 4 nitrogen and oxygen atoms in total. The molecular formula is C14H9ClN4S. The van der Waals surface area contributed by atoms with Crippen LogP contribution in [-0.2, 0) is 0 Å². The van der Waals surface area contributed by atoms with Crippen molar-refractivity contribution in [3.8, 4) is 12.1 Å². The molecule has 98 valence electrons. The van der Waals surface area contributed by atoms with Gasteiger partial charge in [0.2, 0.25) is 0 Å². The summed E-state index contributed by atoms with van der Waals surface area (Å²) in [6.07, 6.45) is 1.58. The molecule has 20 heavy (non-hydrogen) atoms. The largest absolute Gasteiger partial charge is 0.360 e. The summed E-state index contributed by atoms with van der Waals surface area (Å²) in [5.41, 5.74) is 2.45. The number of rotatable bonds is 3. The minimum absolute atomic E-state index is 0.370. The SMILES string of the molecule is Cc1csc(/C(C#N)=C/Nc2ccc(C#N)c(Cl)c2)n1. The number of anilines is 1. The van der Waals surface area contributed by atoms with Gasteiger partial charge in [0, 0.05) is 23.0 Å². The Hall–Kier alpha value is -2.34. The third-order valence-electron chi connectivity index (χ3n) is 2.44. The predicted molar refractivity (Wildman–Crippen MR) is 80.2 cm³/mol. The van der Waals surface area contributed by atoms with Crippen LogP contribution in [0.5, 0.6) is 0 Å². The van der Waals surface area contributed by atoms with Crippen molar-refractivity contribution in [2.45, 2.75) is 6.92 Å². The van der Waals surface area contributed by atoms with Crippen molar-refractivity contribution in [3.63, 3.8) is 0 Å². The zero-order valence-electron chi connectivity index (χ0n) is 10.5. The van der Waals surface area contributed by atoms with E-state index in [-0.39, 0.29) is 0 Å². The zero-order valence-corrected chi connectivity index (χ0v) is 12.1. The quantitative estimate of drug-likeness (QED) is 0.871. The summed E-state index contributed by atoms with van der Waals surface area (Å²) >= 11 is 7.36. The highest BCUT2D eigenvalue weighted by molar-refractivity contribution is 7.10. The number of thiazole rings is 1. The predicted octanol–water partition coefficient (Wildman–Crippen LogP) is 3.95. The van der Waals surface area contributed by atoms with Crippen LogP contribution in [0.2, 0.25) is 5.02 Å². The highest BCUT2D eigenvalue weighted by Gasteiger charge is 2.05. The molecule has 1 heterocycles. The maximum absolute atomic E-state index is 9.14. The zero-order chi connectivity index (χ0) is 14.5. The lowest BCUT2D eigenvalue weighted by Crippen LogP contribution is -1.91. The molecule has 0 aliphatic heterocycles. The summed E-state index contributed by atoms with van der Waals surface area (Å²) in [6, 6.07) is 9.08. The van der Waals surface area contributed by atoms with Crippen molar-refractivity contribution < 1.29 is 0 Å². The number of aromatic nitrogens is 1. The number of aryl methyl sites for hydroxylation is 1. The van der Waals surface area contributed by atoms with Gasteiger partial charge < -0.3 is 5.32 Å². The normalized spacial score (nSPS) is 10.7. The van der Waals surface area contributed by atoms with E-state index in [1.54, 1.807) is 24.4 Å². The fourth-order valence-corrected chi connectivity index (χ4v) is 2.46. The molecule has 0 saturated carbocycles.